The average Bonchev–Trinajstić information content (AvgIpc) is 3.13. The summed E-state index contributed by atoms with van der Waals surface area (Å²) in [6.45, 7) is 0. The molecule has 0 aliphatic heterocycles. The number of carbonyl (C=O) groups is 1. The predicted molar refractivity (Wildman–Crippen MR) is 121 cm³/mol. The Bertz CT molecular complexity index is 1250. The largest absolute Gasteiger partial charge is 0.455 e. The SMILES string of the molecule is CNC(=O)c1c(-c2ccc(Oc3ccc(F)cc3)nc2)oc2cc(N(C)C)c(Br)cc12. The number of nitrogens with one attached hydrogen (secondary N) is 1. The standard InChI is InChI=1S/C23H19BrFN3O3/c1-26-23(29)21-16-10-17(24)18(28(2)3)11-19(16)31-22(21)13-4-9-20(27-12-13)30-15-7-5-14(25)6-8-15/h4-12H,1-3H3,(H,26,29). The Kier molecular flexibility index (Phi) is 5.65. The summed E-state index contributed by atoms with van der Waals surface area (Å²) in [5.41, 5.74) is 2.57. The smallest absolute Gasteiger partial charge is 0.255 e. The number of rotatable bonds is 5. The van der Waals surface area contributed by atoms with Crippen LogP contribution in [0.1, 0.15) is 10.4 Å². The van der Waals surface area contributed by atoms with Crippen LogP contribution in [-0.4, -0.2) is 32.0 Å². The molecule has 0 fully saturated rings. The highest BCUT2D eigenvalue weighted by atomic mass is 79.9. The number of nitrogens with zero attached hydrogens (tertiary/aromatic N) is 2. The fraction of sp³-hybridized carbons (Fsp3) is 0.130. The number of aromatic nitrogens is 1. The summed E-state index contributed by atoms with van der Waals surface area (Å²) in [7, 11) is 5.43. The second-order valence-corrected chi connectivity index (χ2v) is 7.87. The average molecular weight is 484 g/mol. The van der Waals surface area contributed by atoms with Gasteiger partial charge in [-0.05, 0) is 52.3 Å². The minimum absolute atomic E-state index is 0.259. The first-order valence-electron chi connectivity index (χ1n) is 9.42. The van der Waals surface area contributed by atoms with E-state index < -0.39 is 0 Å². The molecule has 0 saturated carbocycles. The second kappa shape index (κ2) is 8.39. The maximum absolute atomic E-state index is 13.1. The molecule has 6 nitrogen and oxygen atoms in total. The van der Waals surface area contributed by atoms with Crippen molar-refractivity contribution in [2.45, 2.75) is 0 Å². The monoisotopic (exact) mass is 483 g/mol. The van der Waals surface area contributed by atoms with Crippen LogP contribution in [0.4, 0.5) is 10.1 Å². The van der Waals surface area contributed by atoms with Crippen LogP contribution in [0.5, 0.6) is 11.6 Å². The first kappa shape index (κ1) is 20.9. The van der Waals surface area contributed by atoms with Gasteiger partial charge in [-0.15, -0.1) is 0 Å². The van der Waals surface area contributed by atoms with Gasteiger partial charge >= 0.3 is 0 Å². The lowest BCUT2D eigenvalue weighted by Gasteiger charge is -2.14. The minimum Gasteiger partial charge on any atom is -0.455 e. The lowest BCUT2D eigenvalue weighted by Crippen LogP contribution is -2.18. The van der Waals surface area contributed by atoms with Gasteiger partial charge in [0.15, 0.2) is 0 Å². The van der Waals surface area contributed by atoms with Crippen molar-refractivity contribution < 1.29 is 18.3 Å². The molecule has 158 valence electrons. The lowest BCUT2D eigenvalue weighted by molar-refractivity contribution is 0.0964. The lowest BCUT2D eigenvalue weighted by atomic mass is 10.1. The van der Waals surface area contributed by atoms with Crippen molar-refractivity contribution in [3.05, 3.63) is 70.6 Å². The molecule has 0 bridgehead atoms. The van der Waals surface area contributed by atoms with Gasteiger partial charge in [0.25, 0.3) is 5.91 Å². The minimum atomic E-state index is -0.341. The predicted octanol–water partition coefficient (Wildman–Crippen LogP) is 5.61. The highest BCUT2D eigenvalue weighted by Gasteiger charge is 2.23. The van der Waals surface area contributed by atoms with Gasteiger partial charge in [0.2, 0.25) is 5.88 Å². The van der Waals surface area contributed by atoms with E-state index in [0.29, 0.717) is 39.5 Å². The van der Waals surface area contributed by atoms with Crippen LogP contribution < -0.4 is 15.0 Å². The van der Waals surface area contributed by atoms with Gasteiger partial charge in [0, 0.05) is 54.9 Å². The highest BCUT2D eigenvalue weighted by Crippen LogP contribution is 2.39. The van der Waals surface area contributed by atoms with Crippen LogP contribution >= 0.6 is 15.9 Å². The van der Waals surface area contributed by atoms with Crippen LogP contribution in [0, 0.1) is 5.82 Å². The van der Waals surface area contributed by atoms with E-state index in [-0.39, 0.29) is 11.7 Å². The third-order valence-electron chi connectivity index (χ3n) is 4.73. The van der Waals surface area contributed by atoms with Gasteiger partial charge in [0.1, 0.15) is 22.9 Å². The molecule has 4 rings (SSSR count). The quantitative estimate of drug-likeness (QED) is 0.399. The van der Waals surface area contributed by atoms with E-state index in [1.807, 2.05) is 31.1 Å². The number of hydrogen-bond donors (Lipinski definition) is 1. The van der Waals surface area contributed by atoms with Gasteiger partial charge in [-0.1, -0.05) is 0 Å². The summed E-state index contributed by atoms with van der Waals surface area (Å²) in [6.07, 6.45) is 1.57. The van der Waals surface area contributed by atoms with Crippen LogP contribution in [0.25, 0.3) is 22.3 Å². The Labute approximate surface area is 186 Å². The van der Waals surface area contributed by atoms with Crippen molar-refractivity contribution in [3.8, 4) is 23.0 Å². The van der Waals surface area contributed by atoms with Crippen LogP contribution in [0.3, 0.4) is 0 Å². The van der Waals surface area contributed by atoms with Gasteiger partial charge < -0.3 is 19.4 Å². The zero-order chi connectivity index (χ0) is 22.1. The van der Waals surface area contributed by atoms with Gasteiger partial charge in [0.05, 0.1) is 11.3 Å². The number of fused-ring (bicyclic) bond motifs is 1. The summed E-state index contributed by atoms with van der Waals surface area (Å²) in [5, 5.41) is 3.37. The topological polar surface area (TPSA) is 67.6 Å². The molecular weight excluding hydrogens is 465 g/mol. The number of carbonyl (C=O) groups excluding carboxylic acids is 1. The Morgan fingerprint density at radius 1 is 1.16 bits per heavy atom. The molecule has 31 heavy (non-hydrogen) atoms. The molecule has 2 aromatic heterocycles. The van der Waals surface area contributed by atoms with Crippen molar-refractivity contribution in [1.82, 2.24) is 10.3 Å². The summed E-state index contributed by atoms with van der Waals surface area (Å²) in [4.78, 5) is 18.9. The summed E-state index contributed by atoms with van der Waals surface area (Å²) >= 11 is 3.57. The fourth-order valence-corrected chi connectivity index (χ4v) is 3.90. The maximum Gasteiger partial charge on any atom is 0.255 e. The number of amides is 1. The zero-order valence-electron chi connectivity index (χ0n) is 17.1. The normalized spacial score (nSPS) is 10.9. The van der Waals surface area contributed by atoms with Crippen molar-refractivity contribution in [3.63, 3.8) is 0 Å². The molecule has 2 aromatic carbocycles. The molecule has 0 radical (unpaired) electrons. The van der Waals surface area contributed by atoms with E-state index in [1.54, 1.807) is 25.4 Å². The van der Waals surface area contributed by atoms with E-state index in [9.17, 15) is 9.18 Å². The maximum atomic E-state index is 13.1. The summed E-state index contributed by atoms with van der Waals surface area (Å²) in [6, 6.07) is 12.9. The van der Waals surface area contributed by atoms with Crippen molar-refractivity contribution in [1.29, 1.82) is 0 Å². The molecular formula is C23H19BrFN3O3. The molecule has 2 heterocycles. The van der Waals surface area contributed by atoms with Gasteiger partial charge in [-0.2, -0.15) is 0 Å². The molecule has 0 unspecified atom stereocenters. The Morgan fingerprint density at radius 3 is 2.52 bits per heavy atom. The molecule has 0 aliphatic carbocycles. The number of ether oxygens (including phenoxy) is 1. The van der Waals surface area contributed by atoms with E-state index >= 15 is 0 Å². The van der Waals surface area contributed by atoms with Crippen LogP contribution in [0.2, 0.25) is 0 Å². The van der Waals surface area contributed by atoms with Crippen molar-refractivity contribution >= 4 is 38.5 Å². The second-order valence-electron chi connectivity index (χ2n) is 7.02. The van der Waals surface area contributed by atoms with Crippen LogP contribution in [0.15, 0.2) is 63.6 Å². The van der Waals surface area contributed by atoms with Crippen molar-refractivity contribution in [2.75, 3.05) is 26.0 Å². The number of furan rings is 1. The number of anilines is 1. The Morgan fingerprint density at radius 2 is 1.90 bits per heavy atom. The molecule has 8 heteroatoms. The van der Waals surface area contributed by atoms with E-state index in [0.717, 1.165) is 10.2 Å². The molecule has 0 aliphatic rings. The molecule has 4 aromatic rings. The first-order valence-corrected chi connectivity index (χ1v) is 10.2. The third-order valence-corrected chi connectivity index (χ3v) is 5.36. The number of pyridine rings is 1. The molecule has 0 saturated heterocycles. The van der Waals surface area contributed by atoms with Gasteiger partial charge in [-0.3, -0.25) is 4.79 Å². The van der Waals surface area contributed by atoms with E-state index in [2.05, 4.69) is 26.2 Å². The Hall–Kier alpha value is -3.39. The number of halogens is 2. The zero-order valence-corrected chi connectivity index (χ0v) is 18.7. The number of hydrogen-bond acceptors (Lipinski definition) is 5. The molecule has 1 amide bonds. The molecule has 0 atom stereocenters. The van der Waals surface area contributed by atoms with Crippen molar-refractivity contribution in [2.24, 2.45) is 0 Å². The van der Waals surface area contributed by atoms with E-state index in [4.69, 9.17) is 9.15 Å². The number of benzene rings is 2. The first-order chi connectivity index (χ1) is 14.9. The third kappa shape index (κ3) is 4.11. The van der Waals surface area contributed by atoms with E-state index in [1.165, 1.54) is 24.3 Å². The summed E-state index contributed by atoms with van der Waals surface area (Å²) in [5.74, 6) is 0.623. The Balaban J connectivity index is 1.75. The van der Waals surface area contributed by atoms with Gasteiger partial charge in [-0.25, -0.2) is 9.37 Å². The highest BCUT2D eigenvalue weighted by molar-refractivity contribution is 9.10. The summed E-state index contributed by atoms with van der Waals surface area (Å²) < 4.78 is 25.6. The van der Waals surface area contributed by atoms with Crippen LogP contribution in [-0.2, 0) is 0 Å². The molecule has 0 spiro atoms. The molecule has 1 N–H and O–H groups in total. The fourth-order valence-electron chi connectivity index (χ4n) is 3.20.